The van der Waals surface area contributed by atoms with Crippen LogP contribution in [0.15, 0.2) is 18.5 Å². The highest BCUT2D eigenvalue weighted by atomic mass is 16.2. The first-order valence-electron chi connectivity index (χ1n) is 6.14. The van der Waals surface area contributed by atoms with Crippen LogP contribution in [-0.4, -0.2) is 32.1 Å². The summed E-state index contributed by atoms with van der Waals surface area (Å²) >= 11 is 0. The van der Waals surface area contributed by atoms with Crippen LogP contribution in [0.4, 0.5) is 0 Å². The summed E-state index contributed by atoms with van der Waals surface area (Å²) in [6, 6.07) is 0. The molecule has 0 saturated heterocycles. The second-order valence-corrected chi connectivity index (χ2v) is 4.73. The number of amides is 1. The molecule has 17 heavy (non-hydrogen) atoms. The lowest BCUT2D eigenvalue weighted by atomic mass is 10.0. The molecule has 5 nitrogen and oxygen atoms in total. The van der Waals surface area contributed by atoms with E-state index >= 15 is 0 Å². The van der Waals surface area contributed by atoms with Crippen LogP contribution in [0.5, 0.6) is 0 Å². The molecular weight excluding hydrogens is 216 g/mol. The van der Waals surface area contributed by atoms with Crippen LogP contribution in [-0.2, 0) is 17.9 Å². The molecule has 1 aliphatic carbocycles. The van der Waals surface area contributed by atoms with Gasteiger partial charge in [0.1, 0.15) is 6.33 Å². The monoisotopic (exact) mass is 232 g/mol. The molecule has 1 aliphatic heterocycles. The van der Waals surface area contributed by atoms with E-state index in [1.807, 2.05) is 9.47 Å². The van der Waals surface area contributed by atoms with Gasteiger partial charge in [-0.3, -0.25) is 4.79 Å². The highest BCUT2D eigenvalue weighted by Gasteiger charge is 2.23. The van der Waals surface area contributed by atoms with Crippen molar-refractivity contribution in [2.75, 3.05) is 6.54 Å². The molecule has 0 N–H and O–H groups in total. The zero-order chi connectivity index (χ0) is 11.7. The van der Waals surface area contributed by atoms with Crippen molar-refractivity contribution in [3.8, 4) is 0 Å². The Morgan fingerprint density at radius 3 is 3.24 bits per heavy atom. The van der Waals surface area contributed by atoms with Gasteiger partial charge in [-0.15, -0.1) is 10.2 Å². The minimum Gasteiger partial charge on any atom is -0.333 e. The average Bonchev–Trinajstić information content (AvgIpc) is 2.97. The number of aromatic nitrogens is 3. The number of hydrogen-bond donors (Lipinski definition) is 0. The second-order valence-electron chi connectivity index (χ2n) is 4.73. The molecule has 0 saturated carbocycles. The van der Waals surface area contributed by atoms with Gasteiger partial charge in [-0.25, -0.2) is 0 Å². The Bertz CT molecular complexity index is 451. The molecule has 1 amide bonds. The van der Waals surface area contributed by atoms with Gasteiger partial charge < -0.3 is 9.47 Å². The fourth-order valence-corrected chi connectivity index (χ4v) is 2.50. The number of carbonyl (C=O) groups is 1. The first-order chi connectivity index (χ1) is 8.33. The predicted octanol–water partition coefficient (Wildman–Crippen LogP) is 0.977. The molecule has 1 aromatic heterocycles. The number of hydrogen-bond acceptors (Lipinski definition) is 3. The van der Waals surface area contributed by atoms with Gasteiger partial charge in [-0.2, -0.15) is 0 Å². The molecule has 0 radical (unpaired) electrons. The normalized spacial score (nSPS) is 22.8. The van der Waals surface area contributed by atoms with Crippen molar-refractivity contribution in [1.29, 1.82) is 0 Å². The van der Waals surface area contributed by atoms with Gasteiger partial charge in [0.15, 0.2) is 5.82 Å². The standard InChI is InChI=1S/C12H16N4O/c17-12(7-10-3-1-2-4-10)15-5-6-16-9-13-14-11(16)8-15/h1,3,9-10H,2,4-8H2. The molecule has 5 heteroatoms. The van der Waals surface area contributed by atoms with Crippen molar-refractivity contribution in [3.05, 3.63) is 24.3 Å². The Hall–Kier alpha value is -1.65. The number of carbonyl (C=O) groups excluding carboxylic acids is 1. The number of fused-ring (bicyclic) bond motifs is 1. The SMILES string of the molecule is O=C(CC1C=CCC1)N1CCn2cnnc2C1. The first-order valence-corrected chi connectivity index (χ1v) is 6.14. The fourth-order valence-electron chi connectivity index (χ4n) is 2.50. The Labute approximate surface area is 100 Å². The van der Waals surface area contributed by atoms with Crippen LogP contribution >= 0.6 is 0 Å². The number of nitrogens with zero attached hydrogens (tertiary/aromatic N) is 4. The minimum absolute atomic E-state index is 0.246. The highest BCUT2D eigenvalue weighted by molar-refractivity contribution is 5.76. The van der Waals surface area contributed by atoms with E-state index in [1.165, 1.54) is 0 Å². The minimum atomic E-state index is 0.246. The van der Waals surface area contributed by atoms with Crippen molar-refractivity contribution < 1.29 is 4.79 Å². The van der Waals surface area contributed by atoms with Gasteiger partial charge in [0.05, 0.1) is 6.54 Å². The first kappa shape index (κ1) is 10.5. The zero-order valence-electron chi connectivity index (χ0n) is 9.75. The van der Waals surface area contributed by atoms with Crippen molar-refractivity contribution in [2.24, 2.45) is 5.92 Å². The fraction of sp³-hybridized carbons (Fsp3) is 0.583. The molecule has 0 spiro atoms. The molecule has 3 rings (SSSR count). The van der Waals surface area contributed by atoms with E-state index in [-0.39, 0.29) is 5.91 Å². The Balaban J connectivity index is 1.62. The van der Waals surface area contributed by atoms with Crippen LogP contribution < -0.4 is 0 Å². The van der Waals surface area contributed by atoms with Crippen molar-refractivity contribution >= 4 is 5.91 Å². The third-order valence-corrected chi connectivity index (χ3v) is 3.54. The summed E-state index contributed by atoms with van der Waals surface area (Å²) in [6.07, 6.45) is 8.96. The summed E-state index contributed by atoms with van der Waals surface area (Å²) in [5.74, 6) is 1.59. The summed E-state index contributed by atoms with van der Waals surface area (Å²) in [7, 11) is 0. The van der Waals surface area contributed by atoms with Gasteiger partial charge >= 0.3 is 0 Å². The van der Waals surface area contributed by atoms with Crippen LogP contribution in [0.3, 0.4) is 0 Å². The Kier molecular flexibility index (Phi) is 2.66. The van der Waals surface area contributed by atoms with E-state index in [0.29, 0.717) is 18.9 Å². The molecule has 90 valence electrons. The summed E-state index contributed by atoms with van der Waals surface area (Å²) in [5, 5.41) is 7.89. The highest BCUT2D eigenvalue weighted by Crippen LogP contribution is 2.22. The molecule has 1 unspecified atom stereocenters. The van der Waals surface area contributed by atoms with Crippen LogP contribution in [0.25, 0.3) is 0 Å². The van der Waals surface area contributed by atoms with Gasteiger partial charge in [0.2, 0.25) is 5.91 Å². The lowest BCUT2D eigenvalue weighted by Gasteiger charge is -2.27. The quantitative estimate of drug-likeness (QED) is 0.714. The van der Waals surface area contributed by atoms with Gasteiger partial charge in [-0.1, -0.05) is 12.2 Å². The maximum absolute atomic E-state index is 12.1. The maximum atomic E-state index is 12.1. The number of allylic oxidation sites excluding steroid dienone is 2. The van der Waals surface area contributed by atoms with Crippen LogP contribution in [0, 0.1) is 5.92 Å². The van der Waals surface area contributed by atoms with Crippen LogP contribution in [0.2, 0.25) is 0 Å². The van der Waals surface area contributed by atoms with Gasteiger partial charge in [0.25, 0.3) is 0 Å². The largest absolute Gasteiger partial charge is 0.333 e. The van der Waals surface area contributed by atoms with Gasteiger partial charge in [-0.05, 0) is 18.8 Å². The molecule has 0 fully saturated rings. The van der Waals surface area contributed by atoms with E-state index in [2.05, 4.69) is 22.3 Å². The lowest BCUT2D eigenvalue weighted by Crippen LogP contribution is -2.38. The molecule has 0 aromatic carbocycles. The predicted molar refractivity (Wildman–Crippen MR) is 61.9 cm³/mol. The third-order valence-electron chi connectivity index (χ3n) is 3.54. The molecule has 2 aliphatic rings. The van der Waals surface area contributed by atoms with Crippen molar-refractivity contribution in [2.45, 2.75) is 32.4 Å². The summed E-state index contributed by atoms with van der Waals surface area (Å²) in [6.45, 7) is 2.20. The molecule has 2 heterocycles. The smallest absolute Gasteiger partial charge is 0.223 e. The average molecular weight is 232 g/mol. The van der Waals surface area contributed by atoms with E-state index in [0.717, 1.165) is 31.8 Å². The zero-order valence-corrected chi connectivity index (χ0v) is 9.75. The molecule has 1 atom stereocenters. The third kappa shape index (κ3) is 2.09. The Morgan fingerprint density at radius 1 is 1.47 bits per heavy atom. The van der Waals surface area contributed by atoms with E-state index in [4.69, 9.17) is 0 Å². The molecular formula is C12H16N4O. The maximum Gasteiger partial charge on any atom is 0.223 e. The topological polar surface area (TPSA) is 51.0 Å². The summed E-state index contributed by atoms with van der Waals surface area (Å²) in [4.78, 5) is 14.0. The summed E-state index contributed by atoms with van der Waals surface area (Å²) in [5.41, 5.74) is 0. The Morgan fingerprint density at radius 2 is 2.41 bits per heavy atom. The van der Waals surface area contributed by atoms with E-state index in [9.17, 15) is 4.79 Å². The van der Waals surface area contributed by atoms with Gasteiger partial charge in [0, 0.05) is 19.5 Å². The van der Waals surface area contributed by atoms with Crippen molar-refractivity contribution in [1.82, 2.24) is 19.7 Å². The molecule has 1 aromatic rings. The van der Waals surface area contributed by atoms with Crippen molar-refractivity contribution in [3.63, 3.8) is 0 Å². The number of rotatable bonds is 2. The van der Waals surface area contributed by atoms with Crippen LogP contribution in [0.1, 0.15) is 25.1 Å². The summed E-state index contributed by atoms with van der Waals surface area (Å²) < 4.78 is 2.01. The molecule has 0 bridgehead atoms. The van der Waals surface area contributed by atoms with E-state index < -0.39 is 0 Å². The van der Waals surface area contributed by atoms with E-state index in [1.54, 1.807) is 6.33 Å². The second kappa shape index (κ2) is 4.31. The lowest BCUT2D eigenvalue weighted by molar-refractivity contribution is -0.133.